The van der Waals surface area contributed by atoms with Gasteiger partial charge in [0.25, 0.3) is 0 Å². The molecule has 0 atom stereocenters. The number of pyridine rings is 2. The molecule has 4 rings (SSSR count). The predicted molar refractivity (Wildman–Crippen MR) is 128 cm³/mol. The lowest BCUT2D eigenvalue weighted by atomic mass is 10.1. The molecule has 10 heteroatoms. The van der Waals surface area contributed by atoms with Gasteiger partial charge < -0.3 is 10.6 Å². The van der Waals surface area contributed by atoms with Gasteiger partial charge in [-0.05, 0) is 55.8 Å². The zero-order valence-corrected chi connectivity index (χ0v) is 18.9. The number of hydrogen-bond donors (Lipinski definition) is 2. The van der Waals surface area contributed by atoms with Crippen molar-refractivity contribution in [1.82, 2.24) is 19.9 Å². The number of anilines is 3. The van der Waals surface area contributed by atoms with E-state index in [1.54, 1.807) is 24.4 Å². The van der Waals surface area contributed by atoms with Crippen LogP contribution in [0.2, 0.25) is 5.02 Å². The minimum atomic E-state index is -0.661. The first-order chi connectivity index (χ1) is 16.3. The number of aryl methyl sites for hydroxylation is 1. The van der Waals surface area contributed by atoms with Gasteiger partial charge in [-0.25, -0.2) is 19.3 Å². The Labute approximate surface area is 198 Å². The van der Waals surface area contributed by atoms with Gasteiger partial charge in [-0.15, -0.1) is 0 Å². The summed E-state index contributed by atoms with van der Waals surface area (Å²) in [5.41, 5.74) is 2.58. The number of benzene rings is 1. The number of carbonyl (C=O) groups excluding carboxylic acids is 2. The Balaban J connectivity index is 1.66. The highest BCUT2D eigenvalue weighted by molar-refractivity contribution is 6.33. The van der Waals surface area contributed by atoms with E-state index in [9.17, 15) is 9.59 Å². The third kappa shape index (κ3) is 5.05. The number of carbonyl (C=O) groups is 2. The van der Waals surface area contributed by atoms with Gasteiger partial charge in [0.2, 0.25) is 5.91 Å². The number of fused-ring (bicyclic) bond motifs is 1. The van der Waals surface area contributed by atoms with Crippen molar-refractivity contribution in [3.8, 4) is 11.3 Å². The zero-order valence-electron chi connectivity index (χ0n) is 18.1. The summed E-state index contributed by atoms with van der Waals surface area (Å²) in [6.07, 6.45) is 6.65. The fraction of sp³-hybridized carbons (Fsp3) is 0.0833. The average Bonchev–Trinajstić information content (AvgIpc) is 2.81. The molecule has 34 heavy (non-hydrogen) atoms. The summed E-state index contributed by atoms with van der Waals surface area (Å²) < 4.78 is 15.2. The molecule has 0 unspecified atom stereocenters. The van der Waals surface area contributed by atoms with E-state index in [-0.39, 0.29) is 22.3 Å². The number of hydrogen-bond acceptors (Lipinski definition) is 7. The van der Waals surface area contributed by atoms with Crippen LogP contribution in [0.15, 0.2) is 61.2 Å². The van der Waals surface area contributed by atoms with Crippen molar-refractivity contribution in [3.05, 3.63) is 77.6 Å². The van der Waals surface area contributed by atoms with Crippen molar-refractivity contribution in [1.29, 1.82) is 0 Å². The van der Waals surface area contributed by atoms with Gasteiger partial charge in [0.1, 0.15) is 18.0 Å². The molecular formula is C24H18ClFN6O2. The quantitative estimate of drug-likeness (QED) is 0.376. The van der Waals surface area contributed by atoms with Crippen LogP contribution in [0.3, 0.4) is 0 Å². The van der Waals surface area contributed by atoms with Crippen molar-refractivity contribution < 1.29 is 14.0 Å². The number of ketones is 1. The molecule has 170 valence electrons. The summed E-state index contributed by atoms with van der Waals surface area (Å²) in [6, 6.07) is 8.43. The van der Waals surface area contributed by atoms with Crippen LogP contribution in [0.5, 0.6) is 0 Å². The number of amides is 1. The van der Waals surface area contributed by atoms with E-state index in [2.05, 4.69) is 30.6 Å². The van der Waals surface area contributed by atoms with Crippen molar-refractivity contribution in [3.63, 3.8) is 0 Å². The molecule has 4 aromatic rings. The van der Waals surface area contributed by atoms with Gasteiger partial charge in [0, 0.05) is 23.2 Å². The number of allylic oxidation sites excluding steroid dienone is 1. The molecule has 8 nitrogen and oxygen atoms in total. The molecule has 0 fully saturated rings. The smallest absolute Gasteiger partial charge is 0.249 e. The number of rotatable bonds is 6. The molecular weight excluding hydrogens is 459 g/mol. The lowest BCUT2D eigenvalue weighted by molar-refractivity contribution is -0.114. The number of halogens is 2. The topological polar surface area (TPSA) is 110 Å². The molecule has 0 aliphatic heterocycles. The van der Waals surface area contributed by atoms with Gasteiger partial charge in [-0.3, -0.25) is 14.6 Å². The third-order valence-corrected chi connectivity index (χ3v) is 5.14. The molecule has 1 amide bonds. The molecule has 0 saturated heterocycles. The van der Waals surface area contributed by atoms with Crippen LogP contribution >= 0.6 is 11.6 Å². The van der Waals surface area contributed by atoms with E-state index in [4.69, 9.17) is 11.6 Å². The summed E-state index contributed by atoms with van der Waals surface area (Å²) in [4.78, 5) is 39.7. The van der Waals surface area contributed by atoms with E-state index >= 15 is 4.39 Å². The van der Waals surface area contributed by atoms with Crippen LogP contribution in [0.1, 0.15) is 12.5 Å². The van der Waals surface area contributed by atoms with Gasteiger partial charge in [-0.2, -0.15) is 0 Å². The number of nitrogens with zero attached hydrogens (tertiary/aromatic N) is 4. The minimum Gasteiger partial charge on any atom is -0.337 e. The van der Waals surface area contributed by atoms with E-state index in [0.717, 1.165) is 17.7 Å². The molecule has 2 N–H and O–H groups in total. The molecule has 1 aromatic carbocycles. The molecule has 0 bridgehead atoms. The van der Waals surface area contributed by atoms with E-state index in [0.29, 0.717) is 28.0 Å². The first-order valence-corrected chi connectivity index (χ1v) is 10.5. The Kier molecular flexibility index (Phi) is 6.55. The van der Waals surface area contributed by atoms with E-state index < -0.39 is 11.7 Å². The summed E-state index contributed by atoms with van der Waals surface area (Å²) in [5, 5.41) is 5.91. The molecule has 0 aliphatic carbocycles. The Hall–Kier alpha value is -4.24. The third-order valence-electron chi connectivity index (χ3n) is 4.77. The number of aromatic nitrogens is 4. The monoisotopic (exact) mass is 476 g/mol. The molecule has 0 radical (unpaired) electrons. The molecule has 0 spiro atoms. The van der Waals surface area contributed by atoms with Crippen LogP contribution < -0.4 is 10.6 Å². The normalized spacial score (nSPS) is 11.1. The lowest BCUT2D eigenvalue weighted by Crippen LogP contribution is -2.10. The highest BCUT2D eigenvalue weighted by Crippen LogP contribution is 2.35. The summed E-state index contributed by atoms with van der Waals surface area (Å²) in [7, 11) is 0. The van der Waals surface area contributed by atoms with Gasteiger partial charge in [-0.1, -0.05) is 11.6 Å². The van der Waals surface area contributed by atoms with Crippen molar-refractivity contribution in [2.75, 3.05) is 10.6 Å². The SMILES string of the molecule is CC(=O)C=CC(=O)Nc1cc2c(Nc3ccc(-c4cc(C)ccn4)c(Cl)c3F)ncnc2cn1. The maximum atomic E-state index is 15.2. The largest absolute Gasteiger partial charge is 0.337 e. The van der Waals surface area contributed by atoms with E-state index in [1.807, 2.05) is 19.1 Å². The Morgan fingerprint density at radius 3 is 2.65 bits per heavy atom. The molecule has 0 saturated carbocycles. The van der Waals surface area contributed by atoms with Gasteiger partial charge in [0.05, 0.1) is 28.1 Å². The second kappa shape index (κ2) is 9.72. The minimum absolute atomic E-state index is 0.0756. The molecule has 0 aliphatic rings. The summed E-state index contributed by atoms with van der Waals surface area (Å²) >= 11 is 6.33. The van der Waals surface area contributed by atoms with Crippen LogP contribution in [0.25, 0.3) is 22.2 Å². The summed E-state index contributed by atoms with van der Waals surface area (Å²) in [5.74, 6) is -0.939. The fourth-order valence-electron chi connectivity index (χ4n) is 3.14. The maximum absolute atomic E-state index is 15.2. The van der Waals surface area contributed by atoms with Gasteiger partial charge in [0.15, 0.2) is 11.6 Å². The number of nitrogens with one attached hydrogen (secondary N) is 2. The highest BCUT2D eigenvalue weighted by Gasteiger charge is 2.16. The van der Waals surface area contributed by atoms with Crippen LogP contribution in [-0.2, 0) is 9.59 Å². The second-order valence-corrected chi connectivity index (χ2v) is 7.75. The second-order valence-electron chi connectivity index (χ2n) is 7.37. The van der Waals surface area contributed by atoms with Crippen LogP contribution in [0, 0.1) is 12.7 Å². The average molecular weight is 477 g/mol. The highest BCUT2D eigenvalue weighted by atomic mass is 35.5. The van der Waals surface area contributed by atoms with E-state index in [1.165, 1.54) is 19.4 Å². The Morgan fingerprint density at radius 1 is 1.06 bits per heavy atom. The zero-order chi connectivity index (χ0) is 24.2. The fourth-order valence-corrected chi connectivity index (χ4v) is 3.40. The van der Waals surface area contributed by atoms with Crippen molar-refractivity contribution in [2.24, 2.45) is 0 Å². The van der Waals surface area contributed by atoms with Crippen molar-refractivity contribution in [2.45, 2.75) is 13.8 Å². The summed E-state index contributed by atoms with van der Waals surface area (Å²) in [6.45, 7) is 3.25. The van der Waals surface area contributed by atoms with Crippen LogP contribution in [0.4, 0.5) is 21.7 Å². The van der Waals surface area contributed by atoms with Crippen molar-refractivity contribution >= 4 is 51.5 Å². The van der Waals surface area contributed by atoms with Crippen LogP contribution in [-0.4, -0.2) is 31.6 Å². The van der Waals surface area contributed by atoms with Gasteiger partial charge >= 0.3 is 0 Å². The maximum Gasteiger partial charge on any atom is 0.249 e. The predicted octanol–water partition coefficient (Wildman–Crippen LogP) is 5.02. The standard InChI is InChI=1S/C24H18ClFN6O2/c1-13-7-8-27-18(9-13)15-4-5-17(23(26)22(15)25)31-24-16-10-20(28-11-19(16)29-12-30-24)32-21(34)6-3-14(2)33/h3-12H,1-2H3,(H,28,32,34)(H,29,30,31). The first kappa shape index (κ1) is 22.9. The molecule has 3 heterocycles. The molecule has 3 aromatic heterocycles. The Morgan fingerprint density at radius 2 is 1.88 bits per heavy atom. The Bertz CT molecular complexity index is 1460. The lowest BCUT2D eigenvalue weighted by Gasteiger charge is -2.13. The first-order valence-electron chi connectivity index (χ1n) is 10.1.